The minimum atomic E-state index is 0. The van der Waals surface area contributed by atoms with Gasteiger partial charge in [-0.05, 0) is 0 Å². The first kappa shape index (κ1) is 22.6. The Labute approximate surface area is 102 Å². The molecule has 0 N–H and O–H groups in total. The van der Waals surface area contributed by atoms with Gasteiger partial charge in [-0.1, -0.05) is 46.0 Å². The molecule has 0 saturated carbocycles. The van der Waals surface area contributed by atoms with Crippen LogP contribution in [0.5, 0.6) is 0 Å². The number of hydrogen-bond donors (Lipinski definition) is 0. The molecule has 60 valence electrons. The van der Waals surface area contributed by atoms with E-state index in [0.717, 1.165) is 0 Å². The van der Waals surface area contributed by atoms with Gasteiger partial charge in [-0.3, -0.25) is 0 Å². The summed E-state index contributed by atoms with van der Waals surface area (Å²) < 4.78 is 0. The molecule has 0 aromatic heterocycles. The van der Waals surface area contributed by atoms with Gasteiger partial charge >= 0.3 is 23.1 Å². The van der Waals surface area contributed by atoms with Crippen LogP contribution in [0.25, 0.3) is 0 Å². The third-order valence-electron chi connectivity index (χ3n) is 1.21. The van der Waals surface area contributed by atoms with Crippen LogP contribution in [0.15, 0.2) is 0 Å². The fourth-order valence-electron chi connectivity index (χ4n) is 0.677. The molecule has 0 unspecified atom stereocenters. The topological polar surface area (TPSA) is 0 Å². The Hall–Kier alpha value is 1.73. The molecule has 0 saturated heterocycles. The van der Waals surface area contributed by atoms with Crippen LogP contribution in [0, 0.1) is 0 Å². The van der Waals surface area contributed by atoms with Crippen molar-refractivity contribution in [2.45, 2.75) is 46.0 Å². The van der Waals surface area contributed by atoms with Crippen molar-refractivity contribution >= 4 is 23.1 Å². The Kier molecular flexibility index (Phi) is 50.7. The van der Waals surface area contributed by atoms with Crippen molar-refractivity contribution in [2.24, 2.45) is 0 Å². The molecule has 0 aliphatic rings. The van der Waals surface area contributed by atoms with Crippen molar-refractivity contribution < 1.29 is 34.0 Å². The summed E-state index contributed by atoms with van der Waals surface area (Å²) in [4.78, 5) is 0. The summed E-state index contributed by atoms with van der Waals surface area (Å²) in [6, 6.07) is 0. The first-order chi connectivity index (χ1) is 3.41. The van der Waals surface area contributed by atoms with Crippen LogP contribution in [0.1, 0.15) is 46.0 Å². The van der Waals surface area contributed by atoms with Crippen LogP contribution in [-0.2, 0) is 0 Å². The second-order valence-corrected chi connectivity index (χ2v) is 2.06. The van der Waals surface area contributed by atoms with Gasteiger partial charge in [0, 0.05) is 0 Å². The summed E-state index contributed by atoms with van der Waals surface area (Å²) in [5.74, 6) is 0. The van der Waals surface area contributed by atoms with Crippen LogP contribution in [0.2, 0.25) is 0 Å². The molecule has 0 spiro atoms. The summed E-state index contributed by atoms with van der Waals surface area (Å²) in [7, 11) is 0. The maximum atomic E-state index is 2.25. The van der Waals surface area contributed by atoms with Gasteiger partial charge in [0.15, 0.2) is 0 Å². The van der Waals surface area contributed by atoms with E-state index in [2.05, 4.69) is 13.8 Å². The third kappa shape index (κ3) is 22.6. The van der Waals surface area contributed by atoms with Gasteiger partial charge in [-0.25, -0.2) is 0 Å². The minimum Gasteiger partial charge on any atom is -1.00 e. The summed E-state index contributed by atoms with van der Waals surface area (Å²) >= 11 is 0. The third-order valence-corrected chi connectivity index (χ3v) is 1.21. The minimum absolute atomic E-state index is 0. The molecule has 0 aliphatic heterocycles. The summed E-state index contributed by atoms with van der Waals surface area (Å²) in [5.41, 5.74) is 0. The van der Waals surface area contributed by atoms with Crippen molar-refractivity contribution in [1.29, 1.82) is 0 Å². The van der Waals surface area contributed by atoms with E-state index in [0.29, 0.717) is 0 Å². The van der Waals surface area contributed by atoms with Gasteiger partial charge in [0.25, 0.3) is 0 Å². The second-order valence-electron chi connectivity index (χ2n) is 2.06. The molecule has 0 fully saturated rings. The molecule has 3 heteroatoms. The Morgan fingerprint density at radius 2 is 1.00 bits per heavy atom. The number of rotatable bonds is 4. The Morgan fingerprint density at radius 1 is 0.700 bits per heavy atom. The van der Waals surface area contributed by atoms with Gasteiger partial charge in [0.1, 0.15) is 0 Å². The summed E-state index contributed by atoms with van der Waals surface area (Å²) in [5, 5.41) is 0. The quantitative estimate of drug-likeness (QED) is 0.373. The van der Waals surface area contributed by atoms with E-state index in [1.807, 2.05) is 0 Å². The van der Waals surface area contributed by atoms with E-state index >= 15 is 0 Å². The normalized spacial score (nSPS) is 6.60. The molecule has 0 aromatic rings. The maximum Gasteiger partial charge on any atom is 2.00 e. The van der Waals surface area contributed by atoms with E-state index in [-0.39, 0.29) is 57.0 Å². The van der Waals surface area contributed by atoms with Crippen molar-refractivity contribution in [3.63, 3.8) is 0 Å². The van der Waals surface area contributed by atoms with Gasteiger partial charge in [-0.15, -0.1) is 0 Å². The van der Waals surface area contributed by atoms with E-state index in [4.69, 9.17) is 0 Å². The van der Waals surface area contributed by atoms with Crippen molar-refractivity contribution in [3.8, 4) is 0 Å². The molecule has 10 heavy (non-hydrogen) atoms. The molecule has 0 nitrogen and oxygen atoms in total. The molecule has 0 aliphatic carbocycles. The maximum absolute atomic E-state index is 2.25. The van der Waals surface area contributed by atoms with Crippen molar-refractivity contribution in [1.82, 2.24) is 0 Å². The molecule has 0 heterocycles. The van der Waals surface area contributed by atoms with Gasteiger partial charge in [-0.2, -0.15) is 0 Å². The zero-order valence-corrected chi connectivity index (χ0v) is 11.6. The zero-order chi connectivity index (χ0) is 5.54. The molecule has 0 radical (unpaired) electrons. The molecule has 0 bridgehead atoms. The molecule has 0 rings (SSSR count). The van der Waals surface area contributed by atoms with Crippen LogP contribution in [0.3, 0.4) is 0 Å². The summed E-state index contributed by atoms with van der Waals surface area (Å²) in [6.45, 7) is 4.49. The van der Waals surface area contributed by atoms with Crippen LogP contribution >= 0.6 is 0 Å². The fourth-order valence-corrected chi connectivity index (χ4v) is 0.677. The average molecular weight is 284 g/mol. The van der Waals surface area contributed by atoms with Gasteiger partial charge < -0.3 is 34.0 Å². The van der Waals surface area contributed by atoms with Gasteiger partial charge in [0.2, 0.25) is 0 Å². The standard InChI is InChI=1S/C7H16.2BrH.Mg/c1-3-5-7-6-4-2;;;/h3-7H2,1-2H3;2*1H;/q;;;+2/p-2. The van der Waals surface area contributed by atoms with Crippen LogP contribution in [-0.4, -0.2) is 23.1 Å². The number of halogens is 2. The van der Waals surface area contributed by atoms with E-state index in [1.165, 1.54) is 32.1 Å². The summed E-state index contributed by atoms with van der Waals surface area (Å²) in [6.07, 6.45) is 7.01. The number of hydrogen-bond acceptors (Lipinski definition) is 0. The number of unbranched alkanes of at least 4 members (excludes halogenated alkanes) is 4. The molecule has 0 aromatic carbocycles. The smallest absolute Gasteiger partial charge is 1.00 e. The first-order valence-corrected chi connectivity index (χ1v) is 3.41. The molecule has 0 atom stereocenters. The predicted octanol–water partition coefficient (Wildman–Crippen LogP) is -3.40. The van der Waals surface area contributed by atoms with Gasteiger partial charge in [0.05, 0.1) is 0 Å². The fraction of sp³-hybridized carbons (Fsp3) is 1.00. The monoisotopic (exact) mass is 282 g/mol. The molecular formula is C7H16Br2Mg. The zero-order valence-electron chi connectivity index (χ0n) is 7.00. The Morgan fingerprint density at radius 3 is 1.20 bits per heavy atom. The van der Waals surface area contributed by atoms with E-state index in [9.17, 15) is 0 Å². The van der Waals surface area contributed by atoms with Crippen LogP contribution in [0.4, 0.5) is 0 Å². The van der Waals surface area contributed by atoms with Crippen LogP contribution < -0.4 is 34.0 Å². The largest absolute Gasteiger partial charge is 2.00 e. The Balaban J connectivity index is -0.0000000600. The molecule has 0 amide bonds. The van der Waals surface area contributed by atoms with E-state index < -0.39 is 0 Å². The van der Waals surface area contributed by atoms with Crippen molar-refractivity contribution in [2.75, 3.05) is 0 Å². The Bertz CT molecular complexity index is 30.8. The predicted molar refractivity (Wildman–Crippen MR) is 40.2 cm³/mol. The van der Waals surface area contributed by atoms with Crippen molar-refractivity contribution in [3.05, 3.63) is 0 Å². The second kappa shape index (κ2) is 22.4. The SMILES string of the molecule is CCCCCCC.[Br-].[Br-].[Mg+2]. The van der Waals surface area contributed by atoms with E-state index in [1.54, 1.807) is 0 Å². The first-order valence-electron chi connectivity index (χ1n) is 3.41. The molecular weight excluding hydrogens is 268 g/mol. The average Bonchev–Trinajstić information content (AvgIpc) is 1.69.